The van der Waals surface area contributed by atoms with Gasteiger partial charge in [-0.2, -0.15) is 0 Å². The highest BCUT2D eigenvalue weighted by Crippen LogP contribution is 2.08. The zero-order chi connectivity index (χ0) is 13.7. The summed E-state index contributed by atoms with van der Waals surface area (Å²) in [6.45, 7) is 4.20. The van der Waals surface area contributed by atoms with Gasteiger partial charge in [0.25, 0.3) is 5.91 Å². The maximum atomic E-state index is 12.2. The molecule has 19 heavy (non-hydrogen) atoms. The predicted molar refractivity (Wildman–Crippen MR) is 68.7 cm³/mol. The largest absolute Gasteiger partial charge is 0.450 e. The van der Waals surface area contributed by atoms with E-state index in [9.17, 15) is 9.59 Å². The standard InChI is InChI=1S/C13H17N3O3/c1-2-19-13(18)16-8-6-15(7-9-16)12(17)11-4-3-5-14-10-11/h3-5,10H,2,6-9H2,1H3. The van der Waals surface area contributed by atoms with Crippen LogP contribution < -0.4 is 0 Å². The topological polar surface area (TPSA) is 62.7 Å². The zero-order valence-electron chi connectivity index (χ0n) is 10.9. The second-order valence-corrected chi connectivity index (χ2v) is 4.22. The van der Waals surface area contributed by atoms with Crippen molar-refractivity contribution in [3.05, 3.63) is 30.1 Å². The van der Waals surface area contributed by atoms with Crippen LogP contribution in [0.5, 0.6) is 0 Å². The molecule has 0 spiro atoms. The maximum Gasteiger partial charge on any atom is 0.409 e. The first-order valence-corrected chi connectivity index (χ1v) is 6.33. The molecule has 0 aromatic carbocycles. The first kappa shape index (κ1) is 13.3. The van der Waals surface area contributed by atoms with Gasteiger partial charge in [-0.3, -0.25) is 9.78 Å². The van der Waals surface area contributed by atoms with E-state index in [4.69, 9.17) is 4.74 Å². The van der Waals surface area contributed by atoms with Gasteiger partial charge in [0.15, 0.2) is 0 Å². The van der Waals surface area contributed by atoms with Gasteiger partial charge in [-0.15, -0.1) is 0 Å². The van der Waals surface area contributed by atoms with E-state index < -0.39 is 0 Å². The molecule has 1 aliphatic heterocycles. The molecule has 0 atom stereocenters. The SMILES string of the molecule is CCOC(=O)N1CCN(C(=O)c2cccnc2)CC1. The third kappa shape index (κ3) is 3.21. The van der Waals surface area contributed by atoms with Gasteiger partial charge in [-0.25, -0.2) is 4.79 Å². The van der Waals surface area contributed by atoms with Gasteiger partial charge < -0.3 is 14.5 Å². The lowest BCUT2D eigenvalue weighted by Gasteiger charge is -2.34. The molecule has 1 fully saturated rings. The first-order chi connectivity index (χ1) is 9.22. The Balaban J connectivity index is 1.90. The highest BCUT2D eigenvalue weighted by Gasteiger charge is 2.25. The van der Waals surface area contributed by atoms with Gasteiger partial charge in [0.1, 0.15) is 0 Å². The number of carbonyl (C=O) groups excluding carboxylic acids is 2. The van der Waals surface area contributed by atoms with Gasteiger partial charge in [0.05, 0.1) is 12.2 Å². The molecule has 0 saturated carbocycles. The molecule has 6 nitrogen and oxygen atoms in total. The number of hydrogen-bond acceptors (Lipinski definition) is 4. The Morgan fingerprint density at radius 1 is 1.26 bits per heavy atom. The molecule has 2 heterocycles. The predicted octanol–water partition coefficient (Wildman–Crippen LogP) is 0.996. The second kappa shape index (κ2) is 6.17. The molecular weight excluding hydrogens is 246 g/mol. The van der Waals surface area contributed by atoms with Gasteiger partial charge in [-0.1, -0.05) is 0 Å². The number of nitrogens with zero attached hydrogens (tertiary/aromatic N) is 3. The molecule has 102 valence electrons. The summed E-state index contributed by atoms with van der Waals surface area (Å²) in [6, 6.07) is 3.48. The van der Waals surface area contributed by atoms with Crippen molar-refractivity contribution in [2.24, 2.45) is 0 Å². The molecule has 2 rings (SSSR count). The molecule has 1 aliphatic rings. The highest BCUT2D eigenvalue weighted by molar-refractivity contribution is 5.94. The van der Waals surface area contributed by atoms with Gasteiger partial charge in [0.2, 0.25) is 0 Å². The number of hydrogen-bond donors (Lipinski definition) is 0. The number of ether oxygens (including phenoxy) is 1. The van der Waals surface area contributed by atoms with Crippen LogP contribution in [0.15, 0.2) is 24.5 Å². The van der Waals surface area contributed by atoms with Crippen molar-refractivity contribution in [3.63, 3.8) is 0 Å². The number of rotatable bonds is 2. The van der Waals surface area contributed by atoms with Crippen LogP contribution in [0, 0.1) is 0 Å². The summed E-state index contributed by atoms with van der Waals surface area (Å²) in [6.07, 6.45) is 2.88. The quantitative estimate of drug-likeness (QED) is 0.798. The van der Waals surface area contributed by atoms with E-state index in [1.54, 1.807) is 41.2 Å². The first-order valence-electron chi connectivity index (χ1n) is 6.33. The molecule has 0 radical (unpaired) electrons. The third-order valence-electron chi connectivity index (χ3n) is 3.00. The summed E-state index contributed by atoms with van der Waals surface area (Å²) in [5.41, 5.74) is 0.576. The Bertz CT molecular complexity index is 442. The monoisotopic (exact) mass is 263 g/mol. The average molecular weight is 263 g/mol. The molecule has 0 bridgehead atoms. The van der Waals surface area contributed by atoms with Crippen LogP contribution in [0.25, 0.3) is 0 Å². The van der Waals surface area contributed by atoms with Crippen molar-refractivity contribution in [2.75, 3.05) is 32.8 Å². The lowest BCUT2D eigenvalue weighted by Crippen LogP contribution is -2.50. The van der Waals surface area contributed by atoms with Crippen molar-refractivity contribution in [2.45, 2.75) is 6.92 Å². The van der Waals surface area contributed by atoms with E-state index >= 15 is 0 Å². The molecular formula is C13H17N3O3. The van der Waals surface area contributed by atoms with Crippen molar-refractivity contribution in [1.82, 2.24) is 14.8 Å². The Kier molecular flexibility index (Phi) is 4.33. The number of piperazine rings is 1. The third-order valence-corrected chi connectivity index (χ3v) is 3.00. The van der Waals surface area contributed by atoms with E-state index in [1.165, 1.54) is 0 Å². The van der Waals surface area contributed by atoms with Crippen LogP contribution in [-0.2, 0) is 4.74 Å². The van der Waals surface area contributed by atoms with E-state index in [-0.39, 0.29) is 12.0 Å². The van der Waals surface area contributed by atoms with E-state index in [2.05, 4.69) is 4.98 Å². The van der Waals surface area contributed by atoms with E-state index in [0.717, 1.165) is 0 Å². The minimum Gasteiger partial charge on any atom is -0.450 e. The van der Waals surface area contributed by atoms with Crippen LogP contribution in [0.4, 0.5) is 4.79 Å². The fraction of sp³-hybridized carbons (Fsp3) is 0.462. The molecule has 1 aromatic rings. The lowest BCUT2D eigenvalue weighted by molar-refractivity contribution is 0.0570. The number of carbonyl (C=O) groups is 2. The summed E-state index contributed by atoms with van der Waals surface area (Å²) in [5, 5.41) is 0. The average Bonchev–Trinajstić information content (AvgIpc) is 2.48. The number of amides is 2. The van der Waals surface area contributed by atoms with Crippen LogP contribution in [0.1, 0.15) is 17.3 Å². The molecule has 1 saturated heterocycles. The normalized spacial score (nSPS) is 15.2. The molecule has 6 heteroatoms. The van der Waals surface area contributed by atoms with E-state index in [1.807, 2.05) is 0 Å². The van der Waals surface area contributed by atoms with Gasteiger partial charge >= 0.3 is 6.09 Å². The summed E-state index contributed by atoms with van der Waals surface area (Å²) < 4.78 is 4.94. The summed E-state index contributed by atoms with van der Waals surface area (Å²) in [4.78, 5) is 31.0. The van der Waals surface area contributed by atoms with Crippen molar-refractivity contribution >= 4 is 12.0 Å². The Labute approximate surface area is 112 Å². The smallest absolute Gasteiger partial charge is 0.409 e. The molecule has 0 N–H and O–H groups in total. The lowest BCUT2D eigenvalue weighted by atomic mass is 10.2. The van der Waals surface area contributed by atoms with Crippen LogP contribution in [0.2, 0.25) is 0 Å². The fourth-order valence-electron chi connectivity index (χ4n) is 1.98. The van der Waals surface area contributed by atoms with Crippen molar-refractivity contribution < 1.29 is 14.3 Å². The maximum absolute atomic E-state index is 12.2. The van der Waals surface area contributed by atoms with Crippen LogP contribution in [-0.4, -0.2) is 59.6 Å². The zero-order valence-corrected chi connectivity index (χ0v) is 10.9. The molecule has 2 amide bonds. The van der Waals surface area contributed by atoms with E-state index in [0.29, 0.717) is 38.3 Å². The van der Waals surface area contributed by atoms with Crippen molar-refractivity contribution in [3.8, 4) is 0 Å². The molecule has 1 aromatic heterocycles. The highest BCUT2D eigenvalue weighted by atomic mass is 16.6. The fourth-order valence-corrected chi connectivity index (χ4v) is 1.98. The second-order valence-electron chi connectivity index (χ2n) is 4.22. The number of aromatic nitrogens is 1. The minimum atomic E-state index is -0.309. The molecule has 0 unspecified atom stereocenters. The Hall–Kier alpha value is -2.11. The van der Waals surface area contributed by atoms with Gasteiger partial charge in [-0.05, 0) is 19.1 Å². The Morgan fingerprint density at radius 2 is 1.95 bits per heavy atom. The van der Waals surface area contributed by atoms with Crippen LogP contribution in [0.3, 0.4) is 0 Å². The summed E-state index contributed by atoms with van der Waals surface area (Å²) >= 11 is 0. The summed E-state index contributed by atoms with van der Waals surface area (Å²) in [5.74, 6) is -0.0448. The molecule has 0 aliphatic carbocycles. The Morgan fingerprint density at radius 3 is 2.53 bits per heavy atom. The van der Waals surface area contributed by atoms with Gasteiger partial charge in [0, 0.05) is 38.6 Å². The van der Waals surface area contributed by atoms with Crippen LogP contribution >= 0.6 is 0 Å². The summed E-state index contributed by atoms with van der Waals surface area (Å²) in [7, 11) is 0. The van der Waals surface area contributed by atoms with Crippen molar-refractivity contribution in [1.29, 1.82) is 0 Å². The number of pyridine rings is 1. The minimum absolute atomic E-state index is 0.0448.